The van der Waals surface area contributed by atoms with Gasteiger partial charge in [-0.1, -0.05) is 23.2 Å². The van der Waals surface area contributed by atoms with Gasteiger partial charge in [0.05, 0.1) is 23.3 Å². The molecule has 26 heavy (non-hydrogen) atoms. The number of carboxylic acid groups (broad SMARTS) is 1. The van der Waals surface area contributed by atoms with E-state index < -0.39 is 30.9 Å². The number of aliphatic hydroxyl groups is 3. The van der Waals surface area contributed by atoms with Crippen molar-refractivity contribution < 1.29 is 30.0 Å². The van der Waals surface area contributed by atoms with Crippen LogP contribution in [0.15, 0.2) is 18.2 Å². The van der Waals surface area contributed by atoms with E-state index in [1.54, 1.807) is 26.8 Å². The molecular weight excluding hydrogens is 385 g/mol. The van der Waals surface area contributed by atoms with E-state index in [0.717, 1.165) is 0 Å². The van der Waals surface area contributed by atoms with Crippen LogP contribution >= 0.6 is 23.2 Å². The minimum Gasteiger partial charge on any atom is -0.480 e. The number of aliphatic hydroxyl groups excluding tert-OH is 3. The molecule has 0 heterocycles. The Morgan fingerprint density at radius 1 is 1.04 bits per heavy atom. The summed E-state index contributed by atoms with van der Waals surface area (Å²) in [5, 5.41) is 36.5. The van der Waals surface area contributed by atoms with Gasteiger partial charge in [-0.2, -0.15) is 0 Å². The van der Waals surface area contributed by atoms with Gasteiger partial charge in [0.25, 0.3) is 0 Å². The van der Waals surface area contributed by atoms with Crippen LogP contribution in [-0.4, -0.2) is 75.8 Å². The Balaban J connectivity index is 0.000000481. The van der Waals surface area contributed by atoms with Crippen LogP contribution in [0.5, 0.6) is 5.75 Å². The molecule has 0 aliphatic carbocycles. The molecular formula is C17H27Cl2NO6. The van der Waals surface area contributed by atoms with Gasteiger partial charge in [-0.15, -0.1) is 0 Å². The molecule has 0 aliphatic rings. The van der Waals surface area contributed by atoms with E-state index >= 15 is 0 Å². The molecule has 1 aromatic carbocycles. The van der Waals surface area contributed by atoms with Crippen LogP contribution < -0.4 is 4.74 Å². The highest BCUT2D eigenvalue weighted by Gasteiger charge is 2.12. The minimum atomic E-state index is -1.05. The Labute approximate surface area is 163 Å². The Morgan fingerprint density at radius 2 is 1.50 bits per heavy atom. The Kier molecular flexibility index (Phi) is 12.6. The lowest BCUT2D eigenvalue weighted by molar-refractivity contribution is -0.139. The van der Waals surface area contributed by atoms with Gasteiger partial charge in [-0.3, -0.25) is 4.90 Å². The molecule has 0 amide bonds. The molecule has 0 aliphatic heterocycles. The molecule has 1 aromatic rings. The third-order valence-corrected chi connectivity index (χ3v) is 3.34. The van der Waals surface area contributed by atoms with E-state index in [4.69, 9.17) is 48.4 Å². The van der Waals surface area contributed by atoms with Crippen LogP contribution in [0, 0.1) is 0 Å². The van der Waals surface area contributed by atoms with Crippen LogP contribution in [0.4, 0.5) is 0 Å². The van der Waals surface area contributed by atoms with Gasteiger partial charge < -0.3 is 25.2 Å². The summed E-state index contributed by atoms with van der Waals surface area (Å²) in [5.74, 6) is -0.737. The molecule has 7 nitrogen and oxygen atoms in total. The van der Waals surface area contributed by atoms with Crippen molar-refractivity contribution in [2.45, 2.75) is 39.1 Å². The molecule has 0 saturated carbocycles. The van der Waals surface area contributed by atoms with Gasteiger partial charge in [0.1, 0.15) is 5.75 Å². The van der Waals surface area contributed by atoms with Crippen molar-refractivity contribution in [2.24, 2.45) is 0 Å². The van der Waals surface area contributed by atoms with E-state index in [1.807, 2.05) is 4.90 Å². The summed E-state index contributed by atoms with van der Waals surface area (Å²) in [6, 6.07) is 4.58. The fraction of sp³-hybridized carbons (Fsp3) is 0.588. The summed E-state index contributed by atoms with van der Waals surface area (Å²) in [6.07, 6.45) is -1.30. The highest BCUT2D eigenvalue weighted by molar-refractivity contribution is 6.35. The van der Waals surface area contributed by atoms with Crippen molar-refractivity contribution in [3.63, 3.8) is 0 Å². The van der Waals surface area contributed by atoms with E-state index in [0.29, 0.717) is 35.4 Å². The normalized spacial score (nSPS) is 14.2. The lowest BCUT2D eigenvalue weighted by Crippen LogP contribution is -2.40. The van der Waals surface area contributed by atoms with Gasteiger partial charge in [0.15, 0.2) is 6.61 Å². The van der Waals surface area contributed by atoms with Crippen LogP contribution in [0.1, 0.15) is 20.8 Å². The van der Waals surface area contributed by atoms with Gasteiger partial charge >= 0.3 is 5.97 Å². The minimum absolute atomic E-state index is 0.300. The van der Waals surface area contributed by atoms with Crippen molar-refractivity contribution in [3.05, 3.63) is 28.2 Å². The molecule has 0 saturated heterocycles. The largest absolute Gasteiger partial charge is 0.480 e. The summed E-state index contributed by atoms with van der Waals surface area (Å²) in [6.45, 7) is 6.11. The molecule has 0 fully saturated rings. The average Bonchev–Trinajstić information content (AvgIpc) is 2.44. The van der Waals surface area contributed by atoms with Crippen LogP contribution in [0.25, 0.3) is 0 Å². The number of aliphatic carboxylic acids is 1. The van der Waals surface area contributed by atoms with E-state index in [9.17, 15) is 4.79 Å². The van der Waals surface area contributed by atoms with Gasteiger partial charge in [-0.25, -0.2) is 4.79 Å². The third-order valence-electron chi connectivity index (χ3n) is 2.81. The topological polar surface area (TPSA) is 110 Å². The van der Waals surface area contributed by atoms with Gasteiger partial charge in [0, 0.05) is 24.7 Å². The predicted molar refractivity (Wildman–Crippen MR) is 101 cm³/mol. The van der Waals surface area contributed by atoms with E-state index in [-0.39, 0.29) is 0 Å². The van der Waals surface area contributed by atoms with Crippen LogP contribution in [0.3, 0.4) is 0 Å². The average molecular weight is 412 g/mol. The lowest BCUT2D eigenvalue weighted by atomic mass is 10.2. The number of halogens is 2. The van der Waals surface area contributed by atoms with Crippen molar-refractivity contribution in [1.82, 2.24) is 4.90 Å². The standard InChI is InChI=1S/C9H21NO3.C8H6Cl2O3/c1-7(11)4-10(5-8(2)12)6-9(3)13;9-5-1-2-7(6(10)3-5)13-4-8(11)12/h7-9,11-13H,4-6H2,1-3H3;1-3H,4H2,(H,11,12). The second-order valence-corrected chi connectivity index (χ2v) is 6.87. The fourth-order valence-electron chi connectivity index (χ4n) is 2.08. The maximum Gasteiger partial charge on any atom is 0.341 e. The number of hydrogen-bond donors (Lipinski definition) is 4. The molecule has 9 heteroatoms. The predicted octanol–water partition coefficient (Wildman–Crippen LogP) is 1.89. The Hall–Kier alpha value is -1.09. The monoisotopic (exact) mass is 411 g/mol. The first-order valence-electron chi connectivity index (χ1n) is 8.07. The number of benzene rings is 1. The third kappa shape index (κ3) is 13.2. The van der Waals surface area contributed by atoms with Gasteiger partial charge in [-0.05, 0) is 39.0 Å². The zero-order valence-corrected chi connectivity index (χ0v) is 16.6. The number of hydrogen-bond acceptors (Lipinski definition) is 6. The number of ether oxygens (including phenoxy) is 1. The molecule has 0 bridgehead atoms. The first-order chi connectivity index (χ1) is 12.0. The quantitative estimate of drug-likeness (QED) is 0.490. The summed E-state index contributed by atoms with van der Waals surface area (Å²) < 4.78 is 4.86. The summed E-state index contributed by atoms with van der Waals surface area (Å²) >= 11 is 11.3. The smallest absolute Gasteiger partial charge is 0.341 e. The van der Waals surface area contributed by atoms with Crippen molar-refractivity contribution in [1.29, 1.82) is 0 Å². The molecule has 1 rings (SSSR count). The molecule has 3 unspecified atom stereocenters. The number of nitrogens with zero attached hydrogens (tertiary/aromatic N) is 1. The molecule has 3 atom stereocenters. The Bertz CT molecular complexity index is 516. The lowest BCUT2D eigenvalue weighted by Gasteiger charge is -2.25. The maximum atomic E-state index is 10.2. The SMILES string of the molecule is CC(O)CN(CC(C)O)CC(C)O.O=C(O)COc1ccc(Cl)cc1Cl. The summed E-state index contributed by atoms with van der Waals surface area (Å²) in [5.41, 5.74) is 0. The first kappa shape index (κ1) is 24.9. The summed E-state index contributed by atoms with van der Waals surface area (Å²) in [7, 11) is 0. The molecule has 0 radical (unpaired) electrons. The summed E-state index contributed by atoms with van der Waals surface area (Å²) in [4.78, 5) is 12.0. The van der Waals surface area contributed by atoms with Crippen LogP contribution in [0.2, 0.25) is 10.0 Å². The zero-order valence-electron chi connectivity index (χ0n) is 15.1. The highest BCUT2D eigenvalue weighted by atomic mass is 35.5. The first-order valence-corrected chi connectivity index (χ1v) is 8.83. The molecule has 0 spiro atoms. The Morgan fingerprint density at radius 3 is 1.85 bits per heavy atom. The highest BCUT2D eigenvalue weighted by Crippen LogP contribution is 2.27. The fourth-order valence-corrected chi connectivity index (χ4v) is 2.54. The number of rotatable bonds is 9. The second kappa shape index (κ2) is 13.1. The van der Waals surface area contributed by atoms with Gasteiger partial charge in [0.2, 0.25) is 0 Å². The van der Waals surface area contributed by atoms with Crippen molar-refractivity contribution in [3.8, 4) is 5.75 Å². The molecule has 0 aromatic heterocycles. The maximum absolute atomic E-state index is 10.2. The van der Waals surface area contributed by atoms with Crippen LogP contribution in [-0.2, 0) is 4.79 Å². The number of carbonyl (C=O) groups is 1. The van der Waals surface area contributed by atoms with Crippen molar-refractivity contribution >= 4 is 29.2 Å². The van der Waals surface area contributed by atoms with Crippen molar-refractivity contribution in [2.75, 3.05) is 26.2 Å². The van der Waals surface area contributed by atoms with E-state index in [2.05, 4.69) is 0 Å². The molecule has 150 valence electrons. The molecule has 4 N–H and O–H groups in total. The second-order valence-electron chi connectivity index (χ2n) is 6.02. The van der Waals surface area contributed by atoms with E-state index in [1.165, 1.54) is 12.1 Å². The zero-order chi connectivity index (χ0) is 20.3. The number of carboxylic acids is 1.